The van der Waals surface area contributed by atoms with Gasteiger partial charge in [-0.2, -0.15) is 9.79 Å². The van der Waals surface area contributed by atoms with Crippen molar-refractivity contribution in [3.8, 4) is 22.3 Å². The summed E-state index contributed by atoms with van der Waals surface area (Å²) in [7, 11) is -0.417. The first-order chi connectivity index (χ1) is 73.8. The van der Waals surface area contributed by atoms with Crippen molar-refractivity contribution in [3.63, 3.8) is 0 Å². The van der Waals surface area contributed by atoms with Crippen LogP contribution in [0, 0.1) is 0 Å². The zero-order chi connectivity index (χ0) is 99.7. The van der Waals surface area contributed by atoms with Gasteiger partial charge in [-0.1, -0.05) is 413 Å². The average molecular weight is 1900 g/mol. The average Bonchev–Trinajstić information content (AvgIpc) is 0.704. The molecule has 5 nitrogen and oxygen atoms in total. The topological polar surface area (TPSA) is 16.2 Å². The van der Waals surface area contributed by atoms with Gasteiger partial charge in [0, 0.05) is 90.6 Å². The predicted molar refractivity (Wildman–Crippen MR) is 635 cm³/mol. The van der Waals surface area contributed by atoms with Crippen LogP contribution in [0.1, 0.15) is 22.6 Å². The number of benzene rings is 27. The Labute approximate surface area is 863 Å². The van der Waals surface area contributed by atoms with Crippen LogP contribution < -0.4 is 24.5 Å². The van der Waals surface area contributed by atoms with Gasteiger partial charge in [0.15, 0.2) is 0 Å². The van der Waals surface area contributed by atoms with E-state index in [1.165, 1.54) is 158 Å². The minimum absolute atomic E-state index is 0.0602. The molecule has 0 aliphatic heterocycles. The van der Waals surface area contributed by atoms with Crippen molar-refractivity contribution >= 4 is 203 Å². The molecular formula is C141H102N5P. The van der Waals surface area contributed by atoms with Crippen molar-refractivity contribution in [1.29, 1.82) is 2.56 Å². The molecule has 27 aromatic carbocycles. The Kier molecular flexibility index (Phi) is 24.5. The van der Waals surface area contributed by atoms with Crippen molar-refractivity contribution in [2.45, 2.75) is 5.92 Å². The van der Waals surface area contributed by atoms with Crippen LogP contribution >= 0.6 is 9.79 Å². The normalized spacial score (nSPS) is 11.7. The van der Waals surface area contributed by atoms with E-state index in [4.69, 9.17) is 2.56 Å². The summed E-state index contributed by atoms with van der Waals surface area (Å²) >= 11 is 0. The molecule has 147 heavy (non-hydrogen) atoms. The molecule has 2 atom stereocenters. The van der Waals surface area contributed by atoms with E-state index in [0.29, 0.717) is 0 Å². The van der Waals surface area contributed by atoms with Gasteiger partial charge in [0.1, 0.15) is 0 Å². The molecule has 0 aliphatic carbocycles. The highest BCUT2D eigenvalue weighted by Crippen LogP contribution is 2.52. The third kappa shape index (κ3) is 18.0. The van der Waals surface area contributed by atoms with Crippen LogP contribution in [0.15, 0.2) is 595 Å². The maximum Gasteiger partial charge on any atom is 0.0540 e. The molecule has 0 amide bonds. The molecule has 0 radical (unpaired) electrons. The van der Waals surface area contributed by atoms with Crippen molar-refractivity contribution < 1.29 is 0 Å². The molecule has 0 aliphatic rings. The molecule has 0 bridgehead atoms. The fraction of sp³-hybridized carbons (Fsp3) is 0.00709. The van der Waals surface area contributed by atoms with Crippen LogP contribution in [0.2, 0.25) is 0 Å². The summed E-state index contributed by atoms with van der Waals surface area (Å²) in [5, 5.41) is 25.1. The number of hydrogen-bond acceptors (Lipinski definition) is 5. The standard InChI is InChI=1S/C67H49N3.C40H28N2.C34H22.H3P/c1-4-19-52(20-5-1)67(57-29-28-49-16-10-13-21-54(49)46-57)53-32-34-60(35-33-53)68(61-38-42-63(43-39-61)69(58-24-6-2-7-25-58)65-36-30-50-17-11-14-22-55(50)47-65)62-40-44-64(45-41-62)70(59-26-8-3-9-27-59)66-37-31-51-18-12-15-23-56(51)48-66;1-5-13-31(14-6-1)41(32-15-7-2-8-16-32)37-27-23-29-22-26-36-38(28-24-30-21-25-35(37)39(29)40(30)36)42(33-17-9-3-10-18-33)34-19-11-4-12-20-34;1-3-11-25-21-27(19-17-23(25)9-1)33-29-13-5-7-15-31(29)34(32-16-8-6-14-30(32)33)28-20-18-24-10-2-4-12-26(24)22-28;/h1-48,67H;1-28H;1-22H;1H3/i;;;1TD. The molecular weight excluding hydrogens is 1790 g/mol. The molecule has 27 aromatic rings. The Morgan fingerprint density at radius 2 is 0.367 bits per heavy atom. The summed E-state index contributed by atoms with van der Waals surface area (Å²) in [4.78, 5) is 11.8. The first-order valence-electron chi connectivity index (χ1n) is 51.2. The van der Waals surface area contributed by atoms with E-state index >= 15 is 0 Å². The first-order valence-corrected chi connectivity index (χ1v) is 50.2. The fourth-order valence-corrected chi connectivity index (χ4v) is 21.8. The fourth-order valence-electron chi connectivity index (χ4n) is 21.8. The van der Waals surface area contributed by atoms with E-state index in [0.717, 1.165) is 73.9 Å². The molecule has 0 saturated heterocycles. The third-order valence-electron chi connectivity index (χ3n) is 28.6. The van der Waals surface area contributed by atoms with Crippen LogP contribution in [-0.4, -0.2) is 2.56 Å². The minimum atomic E-state index is -0.417. The van der Waals surface area contributed by atoms with Crippen molar-refractivity contribution in [3.05, 3.63) is 611 Å². The third-order valence-corrected chi connectivity index (χ3v) is 28.6. The Morgan fingerprint density at radius 1 is 0.156 bits per heavy atom. The lowest BCUT2D eigenvalue weighted by Crippen LogP contribution is -2.13. The Morgan fingerprint density at radius 3 is 0.694 bits per heavy atom. The molecule has 696 valence electrons. The highest BCUT2D eigenvalue weighted by molar-refractivity contribution is 6.92. The monoisotopic (exact) mass is 1900 g/mol. The van der Waals surface area contributed by atoms with Gasteiger partial charge in [0.2, 0.25) is 0 Å². The van der Waals surface area contributed by atoms with Crippen LogP contribution in [0.25, 0.3) is 130 Å². The SMILES string of the molecule is [2H]P[3H].c1ccc(C(c2ccc(N(c3ccc(N(c4ccccc4)c4ccc5ccccc5c4)cc3)c3ccc(N(c4ccccc4)c4ccc5ccccc5c4)cc3)cc2)c2ccc3ccccc3c2)cc1.c1ccc(N(c2ccccc2)c2ccc3ccc4c(N(c5ccccc5)c5ccccc5)ccc5ccc2c3c54)cc1.c1ccc2cc(-c3c4ccccc4c(-c4ccc5ccccc5c4)c4ccccc34)ccc2c1. The summed E-state index contributed by atoms with van der Waals surface area (Å²) in [6.45, 7) is 0. The zero-order valence-electron chi connectivity index (χ0n) is 82.9. The van der Waals surface area contributed by atoms with Gasteiger partial charge < -0.3 is 24.5 Å². The lowest BCUT2D eigenvalue weighted by atomic mass is 9.84. The van der Waals surface area contributed by atoms with Crippen LogP contribution in [0.4, 0.5) is 85.3 Å². The van der Waals surface area contributed by atoms with Crippen LogP contribution in [0.3, 0.4) is 0 Å². The van der Waals surface area contributed by atoms with E-state index in [2.05, 4.69) is 619 Å². The highest BCUT2D eigenvalue weighted by Gasteiger charge is 2.27. The molecule has 2 unspecified atom stereocenters. The van der Waals surface area contributed by atoms with Gasteiger partial charge >= 0.3 is 0 Å². The second kappa shape index (κ2) is 40.7. The number of para-hydroxylation sites is 6. The number of anilines is 15. The number of rotatable bonds is 20. The van der Waals surface area contributed by atoms with Gasteiger partial charge in [-0.25, -0.2) is 0 Å². The van der Waals surface area contributed by atoms with E-state index < -0.39 is 9.79 Å². The van der Waals surface area contributed by atoms with Gasteiger partial charge in [-0.15, -0.1) is 0 Å². The number of nitrogens with zero attached hydrogens (tertiary/aromatic N) is 5. The van der Waals surface area contributed by atoms with E-state index in [-0.39, 0.29) is 5.92 Å². The number of hydrogen-bond donors (Lipinski definition) is 0. The summed E-state index contributed by atoms with van der Waals surface area (Å²) in [5.41, 5.74) is 25.5. The summed E-state index contributed by atoms with van der Waals surface area (Å²) in [6.07, 6.45) is 0. The summed E-state index contributed by atoms with van der Waals surface area (Å²) in [6, 6.07) is 215. The van der Waals surface area contributed by atoms with E-state index in [9.17, 15) is 0 Å². The number of fused-ring (bicyclic) bond motifs is 7. The highest BCUT2D eigenvalue weighted by atomic mass is 31.0. The van der Waals surface area contributed by atoms with Gasteiger partial charge in [0.05, 0.1) is 13.9 Å². The zero-order valence-corrected chi connectivity index (χ0v) is 81.9. The van der Waals surface area contributed by atoms with Crippen LogP contribution in [0.5, 0.6) is 0 Å². The Balaban J connectivity index is 0.000000127. The molecule has 0 spiro atoms. The van der Waals surface area contributed by atoms with Crippen molar-refractivity contribution in [2.75, 3.05) is 24.5 Å². The molecule has 0 aromatic heterocycles. The maximum atomic E-state index is 5.90. The molecule has 0 heterocycles. The summed E-state index contributed by atoms with van der Waals surface area (Å²) < 4.78 is 11.8. The first kappa shape index (κ1) is 88.4. The lowest BCUT2D eigenvalue weighted by Gasteiger charge is -2.30. The molecule has 27 rings (SSSR count). The molecule has 0 fully saturated rings. The quantitative estimate of drug-likeness (QED) is 0.0326. The van der Waals surface area contributed by atoms with Crippen molar-refractivity contribution in [2.24, 2.45) is 0 Å². The van der Waals surface area contributed by atoms with Crippen molar-refractivity contribution in [1.82, 2.24) is 0 Å². The smallest absolute Gasteiger partial charge is 0.0540 e. The predicted octanol–water partition coefficient (Wildman–Crippen LogP) is 40.0. The largest absolute Gasteiger partial charge is 0.311 e. The second-order valence-electron chi connectivity index (χ2n) is 37.4. The molecule has 6 heteroatoms. The van der Waals surface area contributed by atoms with E-state index in [1.54, 1.807) is 0 Å². The summed E-state index contributed by atoms with van der Waals surface area (Å²) in [5.74, 6) is 0.0602. The maximum absolute atomic E-state index is 5.90. The van der Waals surface area contributed by atoms with Gasteiger partial charge in [-0.3, -0.25) is 0 Å². The Hall–Kier alpha value is -18.8. The molecule has 0 N–H and O–H groups in total. The van der Waals surface area contributed by atoms with Crippen LogP contribution in [-0.2, 0) is 0 Å². The van der Waals surface area contributed by atoms with E-state index in [1.807, 2.05) is 0 Å². The lowest BCUT2D eigenvalue weighted by molar-refractivity contribution is 0.980. The Bertz CT molecular complexity index is 8580. The van der Waals surface area contributed by atoms with Gasteiger partial charge in [0.25, 0.3) is 0 Å². The second-order valence-corrected chi connectivity index (χ2v) is 37.4. The minimum Gasteiger partial charge on any atom is -0.311 e. The van der Waals surface area contributed by atoms with Gasteiger partial charge in [-0.05, 0) is 318 Å². The molecule has 0 saturated carbocycles.